The van der Waals surface area contributed by atoms with Gasteiger partial charge < -0.3 is 20.5 Å². The summed E-state index contributed by atoms with van der Waals surface area (Å²) in [5, 5.41) is 15.4. The first-order chi connectivity index (χ1) is 9.60. The third-order valence-corrected chi connectivity index (χ3v) is 3.45. The highest BCUT2D eigenvalue weighted by Crippen LogP contribution is 2.19. The van der Waals surface area contributed by atoms with Crippen LogP contribution in [0.3, 0.4) is 0 Å². The summed E-state index contributed by atoms with van der Waals surface area (Å²) >= 11 is 0. The van der Waals surface area contributed by atoms with Crippen LogP contribution >= 0.6 is 12.4 Å². The molecule has 1 amide bonds. The molecule has 1 aromatic rings. The fourth-order valence-electron chi connectivity index (χ4n) is 2.35. The van der Waals surface area contributed by atoms with Crippen molar-refractivity contribution in [1.29, 1.82) is 0 Å². The Balaban J connectivity index is 0.00000220. The SMILES string of the molecule is CCOc1cccc(C(C)NC(=O)C2CC(O)CN2)c1.Cl. The molecule has 1 aliphatic rings. The first kappa shape index (κ1) is 17.8. The third kappa shape index (κ3) is 4.88. The average Bonchev–Trinajstić information content (AvgIpc) is 2.86. The number of rotatable bonds is 5. The van der Waals surface area contributed by atoms with Gasteiger partial charge in [0.25, 0.3) is 0 Å². The van der Waals surface area contributed by atoms with Crippen LogP contribution in [-0.4, -0.2) is 36.3 Å². The van der Waals surface area contributed by atoms with E-state index in [2.05, 4.69) is 10.6 Å². The molecule has 5 nitrogen and oxygen atoms in total. The van der Waals surface area contributed by atoms with Crippen molar-refractivity contribution in [2.45, 2.75) is 38.5 Å². The van der Waals surface area contributed by atoms with E-state index >= 15 is 0 Å². The summed E-state index contributed by atoms with van der Waals surface area (Å²) < 4.78 is 5.46. The summed E-state index contributed by atoms with van der Waals surface area (Å²) in [5.74, 6) is 0.733. The Morgan fingerprint density at radius 3 is 2.95 bits per heavy atom. The van der Waals surface area contributed by atoms with E-state index in [9.17, 15) is 9.90 Å². The number of β-amino-alcohol motifs (C(OH)–C–C–N with tert-alkyl or cyclic N) is 1. The van der Waals surface area contributed by atoms with Gasteiger partial charge in [0.15, 0.2) is 0 Å². The van der Waals surface area contributed by atoms with E-state index in [1.165, 1.54) is 0 Å². The highest BCUT2D eigenvalue weighted by atomic mass is 35.5. The Labute approximate surface area is 131 Å². The lowest BCUT2D eigenvalue weighted by Crippen LogP contribution is -2.41. The largest absolute Gasteiger partial charge is 0.494 e. The van der Waals surface area contributed by atoms with Gasteiger partial charge in [0.05, 0.1) is 24.8 Å². The van der Waals surface area contributed by atoms with Gasteiger partial charge in [0, 0.05) is 6.54 Å². The van der Waals surface area contributed by atoms with E-state index in [1.807, 2.05) is 38.1 Å². The highest BCUT2D eigenvalue weighted by molar-refractivity contribution is 5.85. The molecule has 0 spiro atoms. The molecule has 0 saturated carbocycles. The molecule has 118 valence electrons. The van der Waals surface area contributed by atoms with Crippen molar-refractivity contribution >= 4 is 18.3 Å². The van der Waals surface area contributed by atoms with E-state index in [1.54, 1.807) is 0 Å². The molecule has 6 heteroatoms. The summed E-state index contributed by atoms with van der Waals surface area (Å²) in [5.41, 5.74) is 1.00. The van der Waals surface area contributed by atoms with Crippen LogP contribution in [0.15, 0.2) is 24.3 Å². The Morgan fingerprint density at radius 1 is 1.57 bits per heavy atom. The van der Waals surface area contributed by atoms with E-state index in [-0.39, 0.29) is 30.4 Å². The third-order valence-electron chi connectivity index (χ3n) is 3.45. The smallest absolute Gasteiger partial charge is 0.237 e. The maximum absolute atomic E-state index is 12.1. The van der Waals surface area contributed by atoms with E-state index in [0.717, 1.165) is 11.3 Å². The topological polar surface area (TPSA) is 70.6 Å². The van der Waals surface area contributed by atoms with Gasteiger partial charge in [-0.05, 0) is 38.0 Å². The number of hydrogen-bond donors (Lipinski definition) is 3. The first-order valence-corrected chi connectivity index (χ1v) is 7.04. The maximum Gasteiger partial charge on any atom is 0.237 e. The van der Waals surface area contributed by atoms with Crippen LogP contribution in [0.4, 0.5) is 0 Å². The molecule has 0 aliphatic carbocycles. The van der Waals surface area contributed by atoms with Crippen LogP contribution in [0.5, 0.6) is 5.75 Å². The molecule has 0 aromatic heterocycles. The van der Waals surface area contributed by atoms with Gasteiger partial charge in [0.1, 0.15) is 5.75 Å². The standard InChI is InChI=1S/C15H22N2O3.ClH/c1-3-20-13-6-4-5-11(7-13)10(2)17-15(19)14-8-12(18)9-16-14;/h4-7,10,12,14,16,18H,3,8-9H2,1-2H3,(H,17,19);1H. The quantitative estimate of drug-likeness (QED) is 0.768. The number of amides is 1. The summed E-state index contributed by atoms with van der Waals surface area (Å²) in [6.45, 7) is 4.98. The number of carbonyl (C=O) groups excluding carboxylic acids is 1. The van der Waals surface area contributed by atoms with Crippen LogP contribution in [0.2, 0.25) is 0 Å². The average molecular weight is 315 g/mol. The van der Waals surface area contributed by atoms with Gasteiger partial charge in [-0.3, -0.25) is 4.79 Å². The lowest BCUT2D eigenvalue weighted by atomic mass is 10.1. The van der Waals surface area contributed by atoms with Crippen LogP contribution in [0, 0.1) is 0 Å². The van der Waals surface area contributed by atoms with Crippen LogP contribution in [0.25, 0.3) is 0 Å². The molecule has 21 heavy (non-hydrogen) atoms. The number of ether oxygens (including phenoxy) is 1. The van der Waals surface area contributed by atoms with Gasteiger partial charge >= 0.3 is 0 Å². The highest BCUT2D eigenvalue weighted by Gasteiger charge is 2.28. The Kier molecular flexibility index (Phi) is 6.95. The minimum atomic E-state index is -0.428. The van der Waals surface area contributed by atoms with Crippen LogP contribution in [-0.2, 0) is 4.79 Å². The summed E-state index contributed by atoms with van der Waals surface area (Å²) in [6, 6.07) is 7.32. The molecular formula is C15H23ClN2O3. The molecule has 1 heterocycles. The van der Waals surface area contributed by atoms with Crippen molar-refractivity contribution in [2.75, 3.05) is 13.2 Å². The minimum absolute atomic E-state index is 0. The normalized spacial score (nSPS) is 22.2. The second kappa shape index (κ2) is 8.22. The van der Waals surface area contributed by atoms with E-state index < -0.39 is 6.10 Å². The zero-order valence-electron chi connectivity index (χ0n) is 12.3. The second-order valence-electron chi connectivity index (χ2n) is 5.09. The Morgan fingerprint density at radius 2 is 2.33 bits per heavy atom. The number of carbonyl (C=O) groups is 1. The molecule has 2 rings (SSSR count). The van der Waals surface area contributed by atoms with Gasteiger partial charge in [-0.25, -0.2) is 0 Å². The molecule has 1 fully saturated rings. The fraction of sp³-hybridized carbons (Fsp3) is 0.533. The van der Waals surface area contributed by atoms with Crippen molar-refractivity contribution in [2.24, 2.45) is 0 Å². The number of hydrogen-bond acceptors (Lipinski definition) is 4. The predicted molar refractivity (Wildman–Crippen MR) is 83.8 cm³/mol. The lowest BCUT2D eigenvalue weighted by molar-refractivity contribution is -0.123. The predicted octanol–water partition coefficient (Wildman–Crippen LogP) is 1.41. The number of benzene rings is 1. The Hall–Kier alpha value is -1.30. The van der Waals surface area contributed by atoms with Gasteiger partial charge in [0.2, 0.25) is 5.91 Å². The van der Waals surface area contributed by atoms with Crippen molar-refractivity contribution in [1.82, 2.24) is 10.6 Å². The lowest BCUT2D eigenvalue weighted by Gasteiger charge is -2.18. The zero-order chi connectivity index (χ0) is 14.5. The molecule has 3 atom stereocenters. The molecule has 0 radical (unpaired) electrons. The number of aliphatic hydroxyl groups excluding tert-OH is 1. The van der Waals surface area contributed by atoms with Crippen molar-refractivity contribution in [3.05, 3.63) is 29.8 Å². The molecule has 1 aliphatic heterocycles. The first-order valence-electron chi connectivity index (χ1n) is 7.04. The molecule has 1 aromatic carbocycles. The summed E-state index contributed by atoms with van der Waals surface area (Å²) in [6.07, 6.45) is 0.0414. The molecule has 3 N–H and O–H groups in total. The molecular weight excluding hydrogens is 292 g/mol. The van der Waals surface area contributed by atoms with Crippen LogP contribution in [0.1, 0.15) is 31.9 Å². The van der Waals surface area contributed by atoms with Gasteiger partial charge in [-0.15, -0.1) is 12.4 Å². The maximum atomic E-state index is 12.1. The van der Waals surface area contributed by atoms with Crippen molar-refractivity contribution in [3.63, 3.8) is 0 Å². The number of halogens is 1. The van der Waals surface area contributed by atoms with Crippen LogP contribution < -0.4 is 15.4 Å². The summed E-state index contributed by atoms with van der Waals surface area (Å²) in [7, 11) is 0. The Bertz CT molecular complexity index is 470. The number of aliphatic hydroxyl groups is 1. The van der Waals surface area contributed by atoms with Crippen molar-refractivity contribution in [3.8, 4) is 5.75 Å². The molecule has 0 bridgehead atoms. The minimum Gasteiger partial charge on any atom is -0.494 e. The second-order valence-corrected chi connectivity index (χ2v) is 5.09. The molecule has 3 unspecified atom stereocenters. The van der Waals surface area contributed by atoms with E-state index in [4.69, 9.17) is 4.74 Å². The molecule has 1 saturated heterocycles. The zero-order valence-corrected chi connectivity index (χ0v) is 13.2. The summed E-state index contributed by atoms with van der Waals surface area (Å²) in [4.78, 5) is 12.1. The van der Waals surface area contributed by atoms with Gasteiger partial charge in [-0.2, -0.15) is 0 Å². The monoisotopic (exact) mass is 314 g/mol. The fourth-order valence-corrected chi connectivity index (χ4v) is 2.35. The van der Waals surface area contributed by atoms with E-state index in [0.29, 0.717) is 19.6 Å². The number of nitrogens with one attached hydrogen (secondary N) is 2. The van der Waals surface area contributed by atoms with Crippen molar-refractivity contribution < 1.29 is 14.6 Å². The van der Waals surface area contributed by atoms with Gasteiger partial charge in [-0.1, -0.05) is 12.1 Å².